The average molecular weight is 491 g/mol. The standard InChI is InChI=1S/C34H26N4/c1-33(2)23-9-5-7-19-21-17-35-13-11-27(21)37(31(19)23)29-16-26-30(15-25(29)33)38-28-12-14-36-18-22(28)20-8-6-10-24(32(20)38)34(26,3)4/h5-18H,1-4H3. The molecule has 7 aromatic rings. The highest BCUT2D eigenvalue weighted by molar-refractivity contribution is 6.13. The van der Waals surface area contributed by atoms with E-state index >= 15 is 0 Å². The topological polar surface area (TPSA) is 35.6 Å². The second-order valence-electron chi connectivity index (χ2n) is 12.0. The van der Waals surface area contributed by atoms with Gasteiger partial charge in [0, 0.05) is 57.2 Å². The molecule has 0 bridgehead atoms. The molecule has 3 aromatic carbocycles. The highest BCUT2D eigenvalue weighted by atomic mass is 15.0. The molecule has 38 heavy (non-hydrogen) atoms. The molecule has 182 valence electrons. The minimum absolute atomic E-state index is 0.160. The number of hydrogen-bond donors (Lipinski definition) is 0. The zero-order valence-electron chi connectivity index (χ0n) is 21.9. The normalized spacial score (nSPS) is 16.3. The maximum atomic E-state index is 4.49. The molecular formula is C34H26N4. The first kappa shape index (κ1) is 20.6. The van der Waals surface area contributed by atoms with E-state index in [1.54, 1.807) is 0 Å². The van der Waals surface area contributed by atoms with Crippen LogP contribution in [0.3, 0.4) is 0 Å². The molecular weight excluding hydrogens is 464 g/mol. The van der Waals surface area contributed by atoms with Gasteiger partial charge in [-0.15, -0.1) is 0 Å². The molecule has 2 aliphatic rings. The van der Waals surface area contributed by atoms with Gasteiger partial charge in [-0.1, -0.05) is 64.1 Å². The van der Waals surface area contributed by atoms with Crippen LogP contribution >= 0.6 is 0 Å². The van der Waals surface area contributed by atoms with Gasteiger partial charge in [-0.3, -0.25) is 9.97 Å². The number of hydrogen-bond acceptors (Lipinski definition) is 2. The first-order chi connectivity index (χ1) is 18.4. The second kappa shape index (κ2) is 6.33. The van der Waals surface area contributed by atoms with Crippen molar-refractivity contribution in [3.05, 3.63) is 108 Å². The molecule has 0 radical (unpaired) electrons. The molecule has 0 fully saturated rings. The number of rotatable bonds is 0. The Balaban J connectivity index is 1.51. The summed E-state index contributed by atoms with van der Waals surface area (Å²) in [7, 11) is 0. The van der Waals surface area contributed by atoms with Gasteiger partial charge in [-0.25, -0.2) is 0 Å². The van der Waals surface area contributed by atoms with Gasteiger partial charge in [0.2, 0.25) is 0 Å². The van der Waals surface area contributed by atoms with Crippen LogP contribution in [0.15, 0.2) is 85.5 Å². The molecule has 6 heterocycles. The van der Waals surface area contributed by atoms with Gasteiger partial charge in [-0.05, 0) is 46.5 Å². The van der Waals surface area contributed by atoms with Gasteiger partial charge in [0.15, 0.2) is 0 Å². The van der Waals surface area contributed by atoms with E-state index in [2.05, 4.69) is 107 Å². The molecule has 4 heteroatoms. The predicted octanol–water partition coefficient (Wildman–Crippen LogP) is 7.95. The van der Waals surface area contributed by atoms with Crippen molar-refractivity contribution in [1.29, 1.82) is 0 Å². The minimum Gasteiger partial charge on any atom is -0.308 e. The van der Waals surface area contributed by atoms with Gasteiger partial charge in [-0.2, -0.15) is 0 Å². The summed E-state index contributed by atoms with van der Waals surface area (Å²) in [6, 6.07) is 22.8. The maximum absolute atomic E-state index is 4.49. The van der Waals surface area contributed by atoms with Crippen molar-refractivity contribution < 1.29 is 0 Å². The van der Waals surface area contributed by atoms with Crippen LogP contribution in [0.2, 0.25) is 0 Å². The monoisotopic (exact) mass is 490 g/mol. The van der Waals surface area contributed by atoms with E-state index in [9.17, 15) is 0 Å². The average Bonchev–Trinajstić information content (AvgIpc) is 3.44. The van der Waals surface area contributed by atoms with Crippen molar-refractivity contribution >= 4 is 43.6 Å². The molecule has 0 amide bonds. The number of pyridine rings is 2. The summed E-state index contributed by atoms with van der Waals surface area (Å²) in [5.41, 5.74) is 12.7. The van der Waals surface area contributed by atoms with Crippen LogP contribution in [0.5, 0.6) is 0 Å². The van der Waals surface area contributed by atoms with E-state index in [-0.39, 0.29) is 10.8 Å². The van der Waals surface area contributed by atoms with Crippen LogP contribution in [0.1, 0.15) is 49.9 Å². The van der Waals surface area contributed by atoms with Crippen LogP contribution in [-0.2, 0) is 10.8 Å². The molecule has 0 unspecified atom stereocenters. The van der Waals surface area contributed by atoms with Crippen molar-refractivity contribution in [2.45, 2.75) is 38.5 Å². The molecule has 0 N–H and O–H groups in total. The van der Waals surface area contributed by atoms with Gasteiger partial charge in [0.1, 0.15) is 0 Å². The fraction of sp³-hybridized carbons (Fsp3) is 0.176. The first-order valence-electron chi connectivity index (χ1n) is 13.3. The number of fused-ring (bicyclic) bond motifs is 10. The molecule has 0 atom stereocenters. The van der Waals surface area contributed by atoms with Crippen LogP contribution in [0.4, 0.5) is 0 Å². The summed E-state index contributed by atoms with van der Waals surface area (Å²) in [5.74, 6) is 0. The van der Waals surface area contributed by atoms with E-state index in [1.807, 2.05) is 24.8 Å². The van der Waals surface area contributed by atoms with Gasteiger partial charge in [0.05, 0.1) is 33.4 Å². The van der Waals surface area contributed by atoms with E-state index < -0.39 is 0 Å². The van der Waals surface area contributed by atoms with E-state index in [0.29, 0.717) is 0 Å². The molecule has 9 rings (SSSR count). The molecule has 4 aromatic heterocycles. The molecule has 0 spiro atoms. The summed E-state index contributed by atoms with van der Waals surface area (Å²) in [5, 5.41) is 4.97. The van der Waals surface area contributed by atoms with Gasteiger partial charge >= 0.3 is 0 Å². The Morgan fingerprint density at radius 2 is 0.974 bits per heavy atom. The van der Waals surface area contributed by atoms with Crippen LogP contribution in [0, 0.1) is 0 Å². The van der Waals surface area contributed by atoms with E-state index in [0.717, 1.165) is 0 Å². The predicted molar refractivity (Wildman–Crippen MR) is 155 cm³/mol. The lowest BCUT2D eigenvalue weighted by molar-refractivity contribution is 0.610. The van der Waals surface area contributed by atoms with Crippen molar-refractivity contribution in [1.82, 2.24) is 19.1 Å². The van der Waals surface area contributed by atoms with Crippen molar-refractivity contribution in [3.8, 4) is 11.4 Å². The quantitative estimate of drug-likeness (QED) is 0.216. The van der Waals surface area contributed by atoms with Crippen molar-refractivity contribution in [2.75, 3.05) is 0 Å². The molecule has 2 aliphatic heterocycles. The SMILES string of the molecule is CC1(C)c2cc3c(cc2-n2c4ccncc4c4cccc1c42)C(C)(C)c1cccc2c4cnccc4n-3c12. The molecule has 0 saturated carbocycles. The zero-order valence-corrected chi connectivity index (χ0v) is 21.9. The lowest BCUT2D eigenvalue weighted by atomic mass is 9.70. The number of benzene rings is 3. The molecule has 4 nitrogen and oxygen atoms in total. The Morgan fingerprint density at radius 3 is 1.42 bits per heavy atom. The highest BCUT2D eigenvalue weighted by Gasteiger charge is 2.40. The first-order valence-corrected chi connectivity index (χ1v) is 13.3. The number of nitrogens with zero attached hydrogens (tertiary/aromatic N) is 4. The Bertz CT molecular complexity index is 2030. The second-order valence-corrected chi connectivity index (χ2v) is 12.0. The molecule has 0 saturated heterocycles. The van der Waals surface area contributed by atoms with Gasteiger partial charge in [0.25, 0.3) is 0 Å². The van der Waals surface area contributed by atoms with Crippen LogP contribution < -0.4 is 0 Å². The Kier molecular flexibility index (Phi) is 3.43. The molecule has 0 aliphatic carbocycles. The third-order valence-corrected chi connectivity index (χ3v) is 9.47. The maximum Gasteiger partial charge on any atom is 0.0582 e. The Labute approximate surface area is 220 Å². The van der Waals surface area contributed by atoms with E-state index in [4.69, 9.17) is 0 Å². The minimum atomic E-state index is -0.160. The smallest absolute Gasteiger partial charge is 0.0582 e. The third-order valence-electron chi connectivity index (χ3n) is 9.47. The Morgan fingerprint density at radius 1 is 0.526 bits per heavy atom. The van der Waals surface area contributed by atoms with Crippen LogP contribution in [0.25, 0.3) is 55.0 Å². The summed E-state index contributed by atoms with van der Waals surface area (Å²) < 4.78 is 4.98. The summed E-state index contributed by atoms with van der Waals surface area (Å²) >= 11 is 0. The zero-order chi connectivity index (χ0) is 25.6. The number of para-hydroxylation sites is 2. The summed E-state index contributed by atoms with van der Waals surface area (Å²) in [4.78, 5) is 8.99. The third kappa shape index (κ3) is 2.13. The largest absolute Gasteiger partial charge is 0.308 e. The fourth-order valence-electron chi connectivity index (χ4n) is 7.57. The van der Waals surface area contributed by atoms with Crippen molar-refractivity contribution in [3.63, 3.8) is 0 Å². The number of aromatic nitrogens is 4. The van der Waals surface area contributed by atoms with Crippen LogP contribution in [-0.4, -0.2) is 19.1 Å². The van der Waals surface area contributed by atoms with E-state index in [1.165, 1.54) is 77.2 Å². The fourth-order valence-corrected chi connectivity index (χ4v) is 7.57. The highest BCUT2D eigenvalue weighted by Crippen LogP contribution is 2.53. The lowest BCUT2D eigenvalue weighted by Gasteiger charge is -2.40. The lowest BCUT2D eigenvalue weighted by Crippen LogP contribution is -2.31. The Hall–Kier alpha value is -4.44. The summed E-state index contributed by atoms with van der Waals surface area (Å²) in [6.07, 6.45) is 7.87. The van der Waals surface area contributed by atoms with Crippen molar-refractivity contribution in [2.24, 2.45) is 0 Å². The summed E-state index contributed by atoms with van der Waals surface area (Å²) in [6.45, 7) is 9.51. The van der Waals surface area contributed by atoms with Gasteiger partial charge < -0.3 is 9.13 Å².